The number of nitrogens with one attached hydrogen (secondary N) is 1. The Balaban J connectivity index is 1.46. The summed E-state index contributed by atoms with van der Waals surface area (Å²) in [7, 11) is 0. The second kappa shape index (κ2) is 17.5. The summed E-state index contributed by atoms with van der Waals surface area (Å²) in [6.45, 7) is 12.3. The Hall–Kier alpha value is -1.14. The molecule has 0 aromatic carbocycles. The minimum Gasteiger partial charge on any atom is -0.466 e. The number of hydrogen-bond acceptors (Lipinski definition) is 5. The first-order valence-electron chi connectivity index (χ1n) is 18.5. The van der Waals surface area contributed by atoms with E-state index in [1.807, 2.05) is 0 Å². The van der Waals surface area contributed by atoms with Gasteiger partial charge in [-0.3, -0.25) is 14.5 Å². The maximum Gasteiger partial charge on any atom is 0.307 e. The molecule has 2 aliphatic heterocycles. The molecule has 1 amide bonds. The van der Waals surface area contributed by atoms with Gasteiger partial charge in [0.25, 0.3) is 5.91 Å². The molecule has 0 unspecified atom stereocenters. The van der Waals surface area contributed by atoms with Crippen LogP contribution in [0.15, 0.2) is 0 Å². The van der Waals surface area contributed by atoms with Crippen molar-refractivity contribution < 1.29 is 19.1 Å². The van der Waals surface area contributed by atoms with Gasteiger partial charge in [0.1, 0.15) is 5.72 Å². The van der Waals surface area contributed by atoms with Gasteiger partial charge in [0, 0.05) is 30.5 Å². The highest BCUT2D eigenvalue weighted by atomic mass is 16.6. The van der Waals surface area contributed by atoms with Crippen molar-refractivity contribution in [2.75, 3.05) is 13.2 Å². The van der Waals surface area contributed by atoms with Crippen LogP contribution < -0.4 is 5.32 Å². The molecule has 1 N–H and O–H groups in total. The fraction of sp³-hybridized carbons (Fsp3) is 0.946. The number of esters is 1. The first-order valence-corrected chi connectivity index (χ1v) is 18.5. The second-order valence-corrected chi connectivity index (χ2v) is 15.5. The summed E-state index contributed by atoms with van der Waals surface area (Å²) in [6.07, 6.45) is 27.5. The van der Waals surface area contributed by atoms with Crippen LogP contribution in [0.3, 0.4) is 0 Å². The lowest BCUT2D eigenvalue weighted by Crippen LogP contribution is -2.67. The number of nitrogens with zero attached hydrogens (tertiary/aromatic N) is 1. The molecule has 6 heteroatoms. The molecular weight excluding hydrogens is 536 g/mol. The van der Waals surface area contributed by atoms with Crippen molar-refractivity contribution in [2.45, 2.75) is 211 Å². The van der Waals surface area contributed by atoms with Gasteiger partial charge in [-0.1, -0.05) is 110 Å². The molecule has 1 aliphatic carbocycles. The van der Waals surface area contributed by atoms with E-state index in [1.54, 1.807) is 0 Å². The largest absolute Gasteiger partial charge is 0.466 e. The lowest BCUT2D eigenvalue weighted by molar-refractivity contribution is -0.191. The van der Waals surface area contributed by atoms with E-state index in [0.29, 0.717) is 32.4 Å². The Kier molecular flexibility index (Phi) is 14.8. The van der Waals surface area contributed by atoms with Gasteiger partial charge in [-0.25, -0.2) is 0 Å². The minimum absolute atomic E-state index is 0.0799. The van der Waals surface area contributed by atoms with Gasteiger partial charge >= 0.3 is 5.97 Å². The Morgan fingerprint density at radius 3 is 1.72 bits per heavy atom. The van der Waals surface area contributed by atoms with Crippen LogP contribution in [0.2, 0.25) is 0 Å². The Labute approximate surface area is 265 Å². The van der Waals surface area contributed by atoms with Crippen molar-refractivity contribution in [3.05, 3.63) is 0 Å². The van der Waals surface area contributed by atoms with Crippen LogP contribution in [0.25, 0.3) is 0 Å². The van der Waals surface area contributed by atoms with E-state index in [0.717, 1.165) is 38.5 Å². The Morgan fingerprint density at radius 1 is 0.744 bits per heavy atom. The highest BCUT2D eigenvalue weighted by molar-refractivity contribution is 5.88. The predicted octanol–water partition coefficient (Wildman–Crippen LogP) is 9.38. The van der Waals surface area contributed by atoms with Crippen LogP contribution in [-0.4, -0.2) is 52.3 Å². The van der Waals surface area contributed by atoms with Crippen LogP contribution >= 0.6 is 0 Å². The molecule has 0 atom stereocenters. The molecule has 0 bridgehead atoms. The van der Waals surface area contributed by atoms with Crippen LogP contribution in [0.1, 0.15) is 189 Å². The van der Waals surface area contributed by atoms with Gasteiger partial charge in [-0.05, 0) is 59.8 Å². The SMILES string of the molecule is CCCCCCCCCCCCOC(=O)CCN1C(C)(C)CC2(CC1(C)C)OC1(CCCCCCCCCCC1)NC2=O. The number of unbranched alkanes of at least 4 members (excludes halogenated alkanes) is 9. The number of rotatable bonds is 14. The summed E-state index contributed by atoms with van der Waals surface area (Å²) in [6, 6.07) is 0. The van der Waals surface area contributed by atoms with E-state index in [-0.39, 0.29) is 23.0 Å². The third kappa shape index (κ3) is 11.3. The number of likely N-dealkylation sites (tertiary alicyclic amines) is 1. The van der Waals surface area contributed by atoms with Gasteiger partial charge in [0.05, 0.1) is 13.0 Å². The van der Waals surface area contributed by atoms with E-state index < -0.39 is 11.3 Å². The van der Waals surface area contributed by atoms with Crippen LogP contribution in [0.5, 0.6) is 0 Å². The standard InChI is InChI=1S/C37H68N2O4/c1-6-7-8-9-10-11-15-18-21-24-29-42-32(40)25-28-39-34(2,3)30-36(31-35(39,4)5)33(41)38-37(43-36)26-22-19-16-13-12-14-17-20-23-27-37/h6-31H2,1-5H3,(H,38,41). The molecule has 0 aromatic rings. The molecule has 0 radical (unpaired) electrons. The predicted molar refractivity (Wildman–Crippen MR) is 177 cm³/mol. The van der Waals surface area contributed by atoms with Crippen molar-refractivity contribution in [1.82, 2.24) is 10.2 Å². The van der Waals surface area contributed by atoms with E-state index in [1.165, 1.54) is 96.3 Å². The van der Waals surface area contributed by atoms with Crippen molar-refractivity contribution in [1.29, 1.82) is 0 Å². The third-order valence-corrected chi connectivity index (χ3v) is 10.5. The molecule has 6 nitrogen and oxygen atoms in total. The fourth-order valence-corrected chi connectivity index (χ4v) is 8.54. The van der Waals surface area contributed by atoms with Crippen LogP contribution in [0.4, 0.5) is 0 Å². The molecule has 1 saturated carbocycles. The van der Waals surface area contributed by atoms with E-state index in [4.69, 9.17) is 9.47 Å². The molecule has 250 valence electrons. The summed E-state index contributed by atoms with van der Waals surface area (Å²) >= 11 is 0. The lowest BCUT2D eigenvalue weighted by atomic mass is 9.70. The lowest BCUT2D eigenvalue weighted by Gasteiger charge is -2.57. The van der Waals surface area contributed by atoms with Crippen LogP contribution in [0, 0.1) is 0 Å². The van der Waals surface area contributed by atoms with Crippen molar-refractivity contribution in [3.8, 4) is 0 Å². The van der Waals surface area contributed by atoms with Crippen molar-refractivity contribution in [2.24, 2.45) is 0 Å². The maximum atomic E-state index is 13.8. The number of amides is 1. The van der Waals surface area contributed by atoms with E-state index in [2.05, 4.69) is 44.8 Å². The average molecular weight is 605 g/mol. The van der Waals surface area contributed by atoms with Gasteiger partial charge < -0.3 is 14.8 Å². The molecule has 3 rings (SSSR count). The summed E-state index contributed by atoms with van der Waals surface area (Å²) < 4.78 is 12.7. The number of piperidine rings is 1. The molecule has 3 fully saturated rings. The molecule has 43 heavy (non-hydrogen) atoms. The molecule has 3 aliphatic rings. The first-order chi connectivity index (χ1) is 20.5. The molecular formula is C37H68N2O4. The smallest absolute Gasteiger partial charge is 0.307 e. The Morgan fingerprint density at radius 2 is 1.21 bits per heavy atom. The Bertz CT molecular complexity index is 808. The zero-order chi connectivity index (χ0) is 31.2. The number of ether oxygens (including phenoxy) is 2. The minimum atomic E-state index is -0.809. The quantitative estimate of drug-likeness (QED) is 0.158. The number of carbonyl (C=O) groups excluding carboxylic acids is 2. The highest BCUT2D eigenvalue weighted by Crippen LogP contribution is 2.50. The van der Waals surface area contributed by atoms with Gasteiger partial charge in [-0.2, -0.15) is 0 Å². The van der Waals surface area contributed by atoms with Crippen molar-refractivity contribution >= 4 is 11.9 Å². The van der Waals surface area contributed by atoms with E-state index >= 15 is 0 Å². The summed E-state index contributed by atoms with van der Waals surface area (Å²) in [4.78, 5) is 28.9. The topological polar surface area (TPSA) is 67.9 Å². The summed E-state index contributed by atoms with van der Waals surface area (Å²) in [5.41, 5.74) is -1.90. The average Bonchev–Trinajstić information content (AvgIpc) is 3.17. The van der Waals surface area contributed by atoms with E-state index in [9.17, 15) is 9.59 Å². The van der Waals surface area contributed by atoms with Crippen LogP contribution in [-0.2, 0) is 19.1 Å². The highest BCUT2D eigenvalue weighted by Gasteiger charge is 2.62. The van der Waals surface area contributed by atoms with Gasteiger partial charge in [0.15, 0.2) is 5.60 Å². The fourth-order valence-electron chi connectivity index (χ4n) is 8.54. The maximum absolute atomic E-state index is 13.8. The van der Waals surface area contributed by atoms with Gasteiger partial charge in [-0.15, -0.1) is 0 Å². The zero-order valence-electron chi connectivity index (χ0n) is 29.0. The van der Waals surface area contributed by atoms with Gasteiger partial charge in [0.2, 0.25) is 0 Å². The van der Waals surface area contributed by atoms with Crippen molar-refractivity contribution in [3.63, 3.8) is 0 Å². The molecule has 2 saturated heterocycles. The first kappa shape index (κ1) is 36.3. The third-order valence-electron chi connectivity index (χ3n) is 10.5. The molecule has 2 spiro atoms. The number of carbonyl (C=O) groups is 2. The molecule has 0 aromatic heterocycles. The summed E-state index contributed by atoms with van der Waals surface area (Å²) in [5.74, 6) is -0.0267. The second-order valence-electron chi connectivity index (χ2n) is 15.5. The zero-order valence-corrected chi connectivity index (χ0v) is 29.0. The molecule has 2 heterocycles. The summed E-state index contributed by atoms with van der Waals surface area (Å²) in [5, 5.41) is 3.42. The normalized spacial score (nSPS) is 23.9. The monoisotopic (exact) mass is 605 g/mol. The number of hydrogen-bond donors (Lipinski definition) is 1.